The van der Waals surface area contributed by atoms with Crippen LogP contribution in [0.4, 0.5) is 0 Å². The quantitative estimate of drug-likeness (QED) is 0.356. The number of benzene rings is 2. The molecule has 6 heteroatoms. The molecule has 1 aromatic heterocycles. The molecule has 160 valence electrons. The monoisotopic (exact) mass is 420 g/mol. The fourth-order valence-electron chi connectivity index (χ4n) is 3.23. The van der Waals surface area contributed by atoms with Gasteiger partial charge in [-0.1, -0.05) is 60.7 Å². The van der Waals surface area contributed by atoms with Gasteiger partial charge in [0.25, 0.3) is 0 Å². The average Bonchev–Trinajstić information content (AvgIpc) is 3.24. The normalized spacial score (nSPS) is 11.5. The number of carbonyl (C=O) groups is 3. The van der Waals surface area contributed by atoms with Crippen molar-refractivity contribution in [3.8, 4) is 11.3 Å². The molecule has 1 atom stereocenters. The van der Waals surface area contributed by atoms with E-state index in [9.17, 15) is 14.4 Å². The molecule has 0 aliphatic carbocycles. The van der Waals surface area contributed by atoms with Gasteiger partial charge in [0.2, 0.25) is 0 Å². The second-order valence-electron chi connectivity index (χ2n) is 6.77. The van der Waals surface area contributed by atoms with Gasteiger partial charge in [0, 0.05) is 17.5 Å². The predicted molar refractivity (Wildman–Crippen MR) is 115 cm³/mol. The first kappa shape index (κ1) is 22.0. The molecule has 3 rings (SSSR count). The van der Waals surface area contributed by atoms with E-state index >= 15 is 0 Å². The number of hydrogen-bond acceptors (Lipinski definition) is 6. The van der Waals surface area contributed by atoms with Gasteiger partial charge in [-0.25, -0.2) is 4.79 Å². The second kappa shape index (κ2) is 10.4. The van der Waals surface area contributed by atoms with Crippen LogP contribution in [0.2, 0.25) is 0 Å². The maximum atomic E-state index is 12.9. The second-order valence-corrected chi connectivity index (χ2v) is 6.77. The van der Waals surface area contributed by atoms with E-state index in [1.807, 2.05) is 30.3 Å². The van der Waals surface area contributed by atoms with Gasteiger partial charge >= 0.3 is 11.9 Å². The van der Waals surface area contributed by atoms with Crippen LogP contribution in [0.25, 0.3) is 11.3 Å². The van der Waals surface area contributed by atoms with Crippen molar-refractivity contribution in [2.45, 2.75) is 26.2 Å². The molecule has 0 fully saturated rings. The lowest BCUT2D eigenvalue weighted by molar-refractivity contribution is -0.145. The minimum Gasteiger partial charge on any atom is -0.465 e. The van der Waals surface area contributed by atoms with Gasteiger partial charge in [-0.15, -0.1) is 0 Å². The zero-order valence-electron chi connectivity index (χ0n) is 17.5. The highest BCUT2D eigenvalue weighted by molar-refractivity contribution is 6.00. The van der Waals surface area contributed by atoms with Crippen LogP contribution in [0, 0.1) is 0 Å². The number of ketones is 1. The lowest BCUT2D eigenvalue weighted by Gasteiger charge is -2.14. The van der Waals surface area contributed by atoms with Crippen LogP contribution in [0.5, 0.6) is 0 Å². The number of esters is 2. The van der Waals surface area contributed by atoms with Crippen LogP contribution in [0.15, 0.2) is 71.1 Å². The zero-order chi connectivity index (χ0) is 22.2. The average molecular weight is 420 g/mol. The lowest BCUT2D eigenvalue weighted by Crippen LogP contribution is -2.21. The van der Waals surface area contributed by atoms with E-state index in [-0.39, 0.29) is 36.7 Å². The molecule has 2 aromatic carbocycles. The Morgan fingerprint density at radius 3 is 2.10 bits per heavy atom. The van der Waals surface area contributed by atoms with Crippen LogP contribution in [-0.4, -0.2) is 30.9 Å². The van der Waals surface area contributed by atoms with E-state index in [0.717, 1.165) is 5.56 Å². The Morgan fingerprint density at radius 2 is 1.48 bits per heavy atom. The van der Waals surface area contributed by atoms with Gasteiger partial charge in [0.15, 0.2) is 5.78 Å². The number of hydrogen-bond donors (Lipinski definition) is 0. The molecular formula is C25H24O6. The number of rotatable bonds is 9. The van der Waals surface area contributed by atoms with Crippen LogP contribution < -0.4 is 0 Å². The summed E-state index contributed by atoms with van der Waals surface area (Å²) in [5.74, 6) is -2.12. The van der Waals surface area contributed by atoms with E-state index < -0.39 is 17.9 Å². The van der Waals surface area contributed by atoms with Crippen molar-refractivity contribution in [1.29, 1.82) is 0 Å². The summed E-state index contributed by atoms with van der Waals surface area (Å²) in [6.45, 7) is 3.67. The van der Waals surface area contributed by atoms with E-state index in [0.29, 0.717) is 11.3 Å². The highest BCUT2D eigenvalue weighted by Crippen LogP contribution is 2.34. The molecular weight excluding hydrogens is 396 g/mol. The van der Waals surface area contributed by atoms with E-state index in [1.54, 1.807) is 50.2 Å². The summed E-state index contributed by atoms with van der Waals surface area (Å²) < 4.78 is 16.3. The maximum Gasteiger partial charge on any atom is 0.341 e. The third kappa shape index (κ3) is 5.28. The first-order valence-corrected chi connectivity index (χ1v) is 10.2. The smallest absolute Gasteiger partial charge is 0.341 e. The molecule has 0 saturated heterocycles. The Balaban J connectivity index is 2.05. The van der Waals surface area contributed by atoms with Crippen molar-refractivity contribution in [2.24, 2.45) is 0 Å². The topological polar surface area (TPSA) is 82.8 Å². The molecule has 0 aliphatic heterocycles. The third-order valence-electron chi connectivity index (χ3n) is 4.69. The highest BCUT2D eigenvalue weighted by atomic mass is 16.5. The van der Waals surface area contributed by atoms with Gasteiger partial charge in [-0.05, 0) is 19.9 Å². The summed E-state index contributed by atoms with van der Waals surface area (Å²) in [5.41, 5.74) is 1.31. The van der Waals surface area contributed by atoms with Gasteiger partial charge in [-0.2, -0.15) is 0 Å². The maximum absolute atomic E-state index is 12.9. The van der Waals surface area contributed by atoms with Crippen molar-refractivity contribution in [1.82, 2.24) is 0 Å². The van der Waals surface area contributed by atoms with Crippen molar-refractivity contribution in [3.63, 3.8) is 0 Å². The molecule has 3 aromatic rings. The Kier molecular flexibility index (Phi) is 7.38. The number of ether oxygens (including phenoxy) is 2. The summed E-state index contributed by atoms with van der Waals surface area (Å²) in [4.78, 5) is 38.3. The van der Waals surface area contributed by atoms with E-state index in [2.05, 4.69) is 0 Å². The van der Waals surface area contributed by atoms with Gasteiger partial charge in [-0.3, -0.25) is 9.59 Å². The minimum absolute atomic E-state index is 0.0695. The fourth-order valence-corrected chi connectivity index (χ4v) is 3.23. The Labute approximate surface area is 180 Å². The van der Waals surface area contributed by atoms with Crippen molar-refractivity contribution in [3.05, 3.63) is 83.6 Å². The molecule has 0 saturated carbocycles. The van der Waals surface area contributed by atoms with Crippen molar-refractivity contribution >= 4 is 17.7 Å². The van der Waals surface area contributed by atoms with E-state index in [4.69, 9.17) is 13.9 Å². The van der Waals surface area contributed by atoms with Crippen LogP contribution in [0.3, 0.4) is 0 Å². The molecule has 6 nitrogen and oxygen atoms in total. The molecule has 0 bridgehead atoms. The molecule has 1 unspecified atom stereocenters. The molecule has 0 N–H and O–H groups in total. The van der Waals surface area contributed by atoms with Crippen molar-refractivity contribution < 1.29 is 28.3 Å². The summed E-state index contributed by atoms with van der Waals surface area (Å²) in [7, 11) is 0. The lowest BCUT2D eigenvalue weighted by atomic mass is 9.94. The largest absolute Gasteiger partial charge is 0.465 e. The molecule has 0 amide bonds. The van der Waals surface area contributed by atoms with Gasteiger partial charge < -0.3 is 13.9 Å². The minimum atomic E-state index is -1.08. The molecule has 0 radical (unpaired) electrons. The summed E-state index contributed by atoms with van der Waals surface area (Å²) in [6.07, 6.45) is -0.197. The van der Waals surface area contributed by atoms with Crippen LogP contribution in [0.1, 0.15) is 52.7 Å². The summed E-state index contributed by atoms with van der Waals surface area (Å²) in [6, 6.07) is 19.4. The Hall–Kier alpha value is -3.67. The SMILES string of the molecule is CCOC(=O)c1cc(-c2ccccc2)oc1C(CC(=O)c1ccccc1)C(=O)OCC. The molecule has 31 heavy (non-hydrogen) atoms. The number of Topliss-reactive ketones (excluding diaryl/α,β-unsaturated/α-hetero) is 1. The standard InChI is InChI=1S/C25H24O6/c1-3-29-24(27)19(15-21(26)17-11-7-5-8-12-17)23-20(25(28)30-4-2)16-22(31-23)18-13-9-6-10-14-18/h5-14,16,19H,3-4,15H2,1-2H3. The fraction of sp³-hybridized carbons (Fsp3) is 0.240. The highest BCUT2D eigenvalue weighted by Gasteiger charge is 2.34. The summed E-state index contributed by atoms with van der Waals surface area (Å²) >= 11 is 0. The first-order valence-electron chi connectivity index (χ1n) is 10.2. The number of carbonyl (C=O) groups excluding carboxylic acids is 3. The van der Waals surface area contributed by atoms with E-state index in [1.165, 1.54) is 0 Å². The predicted octanol–water partition coefficient (Wildman–Crippen LogP) is 5.04. The van der Waals surface area contributed by atoms with Crippen LogP contribution in [-0.2, 0) is 14.3 Å². The Bertz CT molecular complexity index is 1040. The van der Waals surface area contributed by atoms with Gasteiger partial charge in [0.1, 0.15) is 23.0 Å². The first-order chi connectivity index (χ1) is 15.0. The number of furan rings is 1. The molecule has 1 heterocycles. The van der Waals surface area contributed by atoms with Crippen LogP contribution >= 0.6 is 0 Å². The van der Waals surface area contributed by atoms with Gasteiger partial charge in [0.05, 0.1) is 13.2 Å². The van der Waals surface area contributed by atoms with Crippen molar-refractivity contribution in [2.75, 3.05) is 13.2 Å². The Morgan fingerprint density at radius 1 is 0.871 bits per heavy atom. The third-order valence-corrected chi connectivity index (χ3v) is 4.69. The zero-order valence-corrected chi connectivity index (χ0v) is 17.5. The molecule has 0 spiro atoms. The molecule has 0 aliphatic rings. The summed E-state index contributed by atoms with van der Waals surface area (Å²) in [5, 5.41) is 0.